The summed E-state index contributed by atoms with van der Waals surface area (Å²) in [6, 6.07) is 9.70. The van der Waals surface area contributed by atoms with Crippen LogP contribution < -0.4 is 4.90 Å². The minimum Gasteiger partial charge on any atom is -0.313 e. The van der Waals surface area contributed by atoms with Gasteiger partial charge in [-0.1, -0.05) is 24.8 Å². The van der Waals surface area contributed by atoms with Gasteiger partial charge in [0.25, 0.3) is 0 Å². The van der Waals surface area contributed by atoms with Crippen molar-refractivity contribution in [3.63, 3.8) is 0 Å². The van der Waals surface area contributed by atoms with Gasteiger partial charge in [0, 0.05) is 31.2 Å². The van der Waals surface area contributed by atoms with Crippen molar-refractivity contribution in [1.29, 1.82) is 0 Å². The van der Waals surface area contributed by atoms with Crippen LogP contribution in [0.2, 0.25) is 0 Å². The van der Waals surface area contributed by atoms with E-state index >= 15 is 0 Å². The summed E-state index contributed by atoms with van der Waals surface area (Å²) in [5.74, 6) is 0. The van der Waals surface area contributed by atoms with E-state index in [2.05, 4.69) is 11.6 Å². The van der Waals surface area contributed by atoms with E-state index in [9.17, 15) is 4.79 Å². The fraction of sp³-hybridized carbons (Fsp3) is 0.200. The largest absolute Gasteiger partial charge is 0.326 e. The molecule has 1 aromatic heterocycles. The van der Waals surface area contributed by atoms with Gasteiger partial charge in [0.1, 0.15) is 6.17 Å². The third kappa shape index (κ3) is 2.07. The molecule has 1 fully saturated rings. The number of benzene rings is 1. The van der Waals surface area contributed by atoms with Gasteiger partial charge in [-0.3, -0.25) is 9.80 Å². The fourth-order valence-corrected chi connectivity index (χ4v) is 2.48. The quantitative estimate of drug-likeness (QED) is 0.799. The Hall–Kier alpha value is -2.56. The number of aromatic nitrogens is 2. The Morgan fingerprint density at radius 2 is 2.05 bits per heavy atom. The van der Waals surface area contributed by atoms with E-state index in [0.29, 0.717) is 13.1 Å². The number of carbonyl (C=O) groups is 1. The van der Waals surface area contributed by atoms with Crippen molar-refractivity contribution < 1.29 is 4.79 Å². The maximum Gasteiger partial charge on any atom is 0.326 e. The Morgan fingerprint density at radius 1 is 1.25 bits per heavy atom. The predicted molar refractivity (Wildman–Crippen MR) is 77.4 cm³/mol. The van der Waals surface area contributed by atoms with Crippen LogP contribution in [0.5, 0.6) is 0 Å². The second-order valence-corrected chi connectivity index (χ2v) is 4.62. The minimum atomic E-state index is -0.196. The molecule has 1 unspecified atom stereocenters. The zero-order chi connectivity index (χ0) is 13.9. The number of rotatable bonds is 4. The summed E-state index contributed by atoms with van der Waals surface area (Å²) in [7, 11) is 0. The summed E-state index contributed by atoms with van der Waals surface area (Å²) < 4.78 is 1.87. The lowest BCUT2D eigenvalue weighted by molar-refractivity contribution is 0.193. The Balaban J connectivity index is 1.84. The molecule has 0 aliphatic carbocycles. The monoisotopic (exact) mass is 268 g/mol. The summed E-state index contributed by atoms with van der Waals surface area (Å²) in [5.41, 5.74) is 0.924. The molecule has 2 heterocycles. The molecule has 1 aliphatic heterocycles. The molecule has 0 saturated carbocycles. The van der Waals surface area contributed by atoms with Crippen molar-refractivity contribution in [2.24, 2.45) is 0 Å². The first-order valence-electron chi connectivity index (χ1n) is 6.54. The zero-order valence-electron chi connectivity index (χ0n) is 11.1. The van der Waals surface area contributed by atoms with Crippen LogP contribution in [0.4, 0.5) is 10.5 Å². The van der Waals surface area contributed by atoms with Crippen LogP contribution >= 0.6 is 0 Å². The first-order chi connectivity index (χ1) is 9.81. The van der Waals surface area contributed by atoms with Crippen LogP contribution in [-0.2, 0) is 0 Å². The summed E-state index contributed by atoms with van der Waals surface area (Å²) >= 11 is 0. The third-order valence-corrected chi connectivity index (χ3v) is 3.47. The molecule has 0 spiro atoms. The van der Waals surface area contributed by atoms with Crippen LogP contribution in [0, 0.1) is 0 Å². The van der Waals surface area contributed by atoms with Crippen molar-refractivity contribution in [2.45, 2.75) is 6.17 Å². The van der Waals surface area contributed by atoms with Crippen LogP contribution in [0.15, 0.2) is 61.7 Å². The van der Waals surface area contributed by atoms with Gasteiger partial charge in [0.2, 0.25) is 0 Å². The number of carbonyl (C=O) groups excluding carboxylic acids is 1. The smallest absolute Gasteiger partial charge is 0.313 e. The van der Waals surface area contributed by atoms with Crippen molar-refractivity contribution in [3.8, 4) is 0 Å². The molecular formula is C15H16N4O. The molecule has 0 bridgehead atoms. The highest BCUT2D eigenvalue weighted by molar-refractivity contribution is 5.94. The molecule has 102 valence electrons. The number of anilines is 1. The van der Waals surface area contributed by atoms with E-state index in [4.69, 9.17) is 0 Å². The van der Waals surface area contributed by atoms with Crippen molar-refractivity contribution in [1.82, 2.24) is 14.5 Å². The van der Waals surface area contributed by atoms with Gasteiger partial charge in [0.05, 0.1) is 6.33 Å². The second kappa shape index (κ2) is 5.21. The van der Waals surface area contributed by atoms with Crippen LogP contribution in [-0.4, -0.2) is 33.6 Å². The number of para-hydroxylation sites is 1. The highest BCUT2D eigenvalue weighted by Gasteiger charge is 2.33. The molecule has 1 aromatic carbocycles. The van der Waals surface area contributed by atoms with Gasteiger partial charge in [0.15, 0.2) is 0 Å². The van der Waals surface area contributed by atoms with Gasteiger partial charge < -0.3 is 4.57 Å². The number of urea groups is 1. The summed E-state index contributed by atoms with van der Waals surface area (Å²) in [6.45, 7) is 5.18. The van der Waals surface area contributed by atoms with E-state index in [1.165, 1.54) is 0 Å². The molecule has 1 aliphatic rings. The maximum absolute atomic E-state index is 12.6. The minimum absolute atomic E-state index is 0.00481. The Morgan fingerprint density at radius 3 is 2.70 bits per heavy atom. The highest BCUT2D eigenvalue weighted by Crippen LogP contribution is 2.25. The summed E-state index contributed by atoms with van der Waals surface area (Å²) in [4.78, 5) is 20.2. The normalized spacial score (nSPS) is 16.5. The van der Waals surface area contributed by atoms with E-state index in [1.54, 1.807) is 28.4 Å². The Bertz CT molecular complexity index is 594. The van der Waals surface area contributed by atoms with Crippen LogP contribution in [0.1, 0.15) is 6.17 Å². The van der Waals surface area contributed by atoms with Gasteiger partial charge in [-0.25, -0.2) is 9.78 Å². The van der Waals surface area contributed by atoms with Gasteiger partial charge >= 0.3 is 6.03 Å². The Kier molecular flexibility index (Phi) is 3.25. The van der Waals surface area contributed by atoms with Gasteiger partial charge in [-0.05, 0) is 18.2 Å². The fourth-order valence-electron chi connectivity index (χ4n) is 2.48. The molecule has 3 rings (SSSR count). The zero-order valence-corrected chi connectivity index (χ0v) is 11.1. The van der Waals surface area contributed by atoms with E-state index in [1.807, 2.05) is 41.1 Å². The SMILES string of the molecule is C=CC(N1CCN(c2ccccc2)C1=O)n1ccnc1. The topological polar surface area (TPSA) is 41.4 Å². The lowest BCUT2D eigenvalue weighted by Crippen LogP contribution is -2.36. The molecular weight excluding hydrogens is 252 g/mol. The molecule has 5 nitrogen and oxygen atoms in total. The second-order valence-electron chi connectivity index (χ2n) is 4.62. The number of amides is 2. The molecule has 1 atom stereocenters. The van der Waals surface area contributed by atoms with Crippen molar-refractivity contribution in [3.05, 3.63) is 61.7 Å². The van der Waals surface area contributed by atoms with Crippen LogP contribution in [0.3, 0.4) is 0 Å². The van der Waals surface area contributed by atoms with Crippen molar-refractivity contribution >= 4 is 11.7 Å². The van der Waals surface area contributed by atoms with Gasteiger partial charge in [-0.2, -0.15) is 0 Å². The predicted octanol–water partition coefficient (Wildman–Crippen LogP) is 2.51. The average Bonchev–Trinajstić information content (AvgIpc) is 3.12. The summed E-state index contributed by atoms with van der Waals surface area (Å²) in [6.07, 6.45) is 6.80. The number of imidazole rings is 1. The lowest BCUT2D eigenvalue weighted by atomic mass is 10.3. The molecule has 1 saturated heterocycles. The number of nitrogens with zero attached hydrogens (tertiary/aromatic N) is 4. The van der Waals surface area contributed by atoms with E-state index < -0.39 is 0 Å². The van der Waals surface area contributed by atoms with E-state index in [-0.39, 0.29) is 12.2 Å². The first-order valence-corrected chi connectivity index (χ1v) is 6.54. The number of hydrogen-bond donors (Lipinski definition) is 0. The van der Waals surface area contributed by atoms with Crippen molar-refractivity contribution in [2.75, 3.05) is 18.0 Å². The molecule has 2 aromatic rings. The van der Waals surface area contributed by atoms with Crippen LogP contribution in [0.25, 0.3) is 0 Å². The standard InChI is InChI=1S/C15H16N4O/c1-2-14(17-9-8-16-12-17)19-11-10-18(15(19)20)13-6-4-3-5-7-13/h2-9,12,14H,1,10-11H2. The third-order valence-electron chi connectivity index (χ3n) is 3.47. The number of hydrogen-bond acceptors (Lipinski definition) is 2. The molecule has 5 heteroatoms. The molecule has 2 amide bonds. The maximum atomic E-state index is 12.6. The molecule has 0 radical (unpaired) electrons. The summed E-state index contributed by atoms with van der Waals surface area (Å²) in [5, 5.41) is 0. The lowest BCUT2D eigenvalue weighted by Gasteiger charge is -2.26. The first kappa shape index (κ1) is 12.5. The average molecular weight is 268 g/mol. The Labute approximate surface area is 117 Å². The highest BCUT2D eigenvalue weighted by atomic mass is 16.2. The molecule has 0 N–H and O–H groups in total. The van der Waals surface area contributed by atoms with Gasteiger partial charge in [-0.15, -0.1) is 0 Å². The van der Waals surface area contributed by atoms with E-state index in [0.717, 1.165) is 5.69 Å². The molecule has 20 heavy (non-hydrogen) atoms.